The first-order valence-electron chi connectivity index (χ1n) is 8.34. The van der Waals surface area contributed by atoms with Gasteiger partial charge in [-0.05, 0) is 18.6 Å². The molecule has 0 unspecified atom stereocenters. The lowest BCUT2D eigenvalue weighted by molar-refractivity contribution is -0.0504. The molecule has 1 heterocycles. The minimum Gasteiger partial charge on any atom is -0.434 e. The van der Waals surface area contributed by atoms with Crippen LogP contribution < -0.4 is 10.1 Å². The summed E-state index contributed by atoms with van der Waals surface area (Å²) in [4.78, 5) is 17.5. The molecule has 0 fully saturated rings. The summed E-state index contributed by atoms with van der Waals surface area (Å²) >= 11 is 1.34. The average Bonchev–Trinajstić information content (AvgIpc) is 3.01. The number of carbonyl (C=O) groups is 1. The number of para-hydroxylation sites is 1. The second-order valence-electron chi connectivity index (χ2n) is 5.85. The molecule has 0 bridgehead atoms. The van der Waals surface area contributed by atoms with Gasteiger partial charge >= 0.3 is 6.61 Å². The molecular weight excluding hydrogens is 370 g/mol. The van der Waals surface area contributed by atoms with Crippen molar-refractivity contribution >= 4 is 17.2 Å². The number of nitrogens with zero attached hydrogens (tertiary/aromatic N) is 1. The molecule has 0 aliphatic heterocycles. The Balaban J connectivity index is 1.67. The van der Waals surface area contributed by atoms with Crippen LogP contribution in [-0.4, -0.2) is 17.5 Å². The highest BCUT2D eigenvalue weighted by atomic mass is 32.1. The Labute approximate surface area is 159 Å². The van der Waals surface area contributed by atoms with E-state index in [0.29, 0.717) is 22.6 Å². The summed E-state index contributed by atoms with van der Waals surface area (Å²) in [7, 11) is 0. The third-order valence-corrected chi connectivity index (χ3v) is 5.03. The predicted molar refractivity (Wildman–Crippen MR) is 100 cm³/mol. The minimum absolute atomic E-state index is 0.0543. The molecule has 1 amide bonds. The van der Waals surface area contributed by atoms with Gasteiger partial charge in [0.1, 0.15) is 10.6 Å². The lowest BCUT2D eigenvalue weighted by Crippen LogP contribution is -2.23. The molecule has 7 heteroatoms. The molecule has 0 spiro atoms. The molecule has 1 aromatic heterocycles. The topological polar surface area (TPSA) is 51.2 Å². The quantitative estimate of drug-likeness (QED) is 0.645. The Kier molecular flexibility index (Phi) is 6.13. The number of hydrogen-bond donors (Lipinski definition) is 1. The van der Waals surface area contributed by atoms with E-state index in [-0.39, 0.29) is 18.2 Å². The third kappa shape index (κ3) is 5.10. The molecule has 2 aromatic carbocycles. The third-order valence-electron chi connectivity index (χ3n) is 3.87. The summed E-state index contributed by atoms with van der Waals surface area (Å²) in [6.45, 7) is -1.04. The van der Waals surface area contributed by atoms with Crippen molar-refractivity contribution in [2.24, 2.45) is 0 Å². The molecule has 0 radical (unpaired) electrons. The summed E-state index contributed by atoms with van der Waals surface area (Å²) in [5, 5.41) is 3.61. The summed E-state index contributed by atoms with van der Waals surface area (Å²) in [6, 6.07) is 16.3. The number of rotatable bonds is 7. The maximum Gasteiger partial charge on any atom is 0.387 e. The monoisotopic (exact) mass is 388 g/mol. The molecule has 3 aromatic rings. The Morgan fingerprint density at radius 2 is 1.85 bits per heavy atom. The van der Waals surface area contributed by atoms with Crippen LogP contribution in [0.1, 0.15) is 31.5 Å². The first-order valence-corrected chi connectivity index (χ1v) is 9.15. The molecule has 0 aliphatic carbocycles. The smallest absolute Gasteiger partial charge is 0.387 e. The molecule has 27 heavy (non-hydrogen) atoms. The number of nitrogens with one attached hydrogen (secondary N) is 1. The predicted octanol–water partition coefficient (Wildman–Crippen LogP) is 4.57. The molecule has 0 aliphatic rings. The molecule has 140 valence electrons. The van der Waals surface area contributed by atoms with Crippen molar-refractivity contribution in [1.29, 1.82) is 0 Å². The van der Waals surface area contributed by atoms with Crippen LogP contribution in [-0.2, 0) is 13.0 Å². The van der Waals surface area contributed by atoms with Gasteiger partial charge in [-0.15, -0.1) is 11.3 Å². The largest absolute Gasteiger partial charge is 0.434 e. The summed E-state index contributed by atoms with van der Waals surface area (Å²) < 4.78 is 29.4. The zero-order valence-corrected chi connectivity index (χ0v) is 15.4. The number of thiazole rings is 1. The first kappa shape index (κ1) is 19.0. The van der Waals surface area contributed by atoms with Crippen molar-refractivity contribution in [3.8, 4) is 5.75 Å². The summed E-state index contributed by atoms with van der Waals surface area (Å²) in [6.07, 6.45) is 0.657. The van der Waals surface area contributed by atoms with E-state index in [1.165, 1.54) is 17.4 Å². The number of ether oxygens (including phenoxy) is 1. The van der Waals surface area contributed by atoms with E-state index >= 15 is 0 Å². The fourth-order valence-electron chi connectivity index (χ4n) is 2.63. The van der Waals surface area contributed by atoms with Gasteiger partial charge in [0.15, 0.2) is 0 Å². The summed E-state index contributed by atoms with van der Waals surface area (Å²) in [5.41, 5.74) is 2.26. The Morgan fingerprint density at radius 1 is 1.15 bits per heavy atom. The number of halogens is 2. The summed E-state index contributed by atoms with van der Waals surface area (Å²) in [5.74, 6) is -0.227. The maximum absolute atomic E-state index is 12.5. The van der Waals surface area contributed by atoms with Gasteiger partial charge in [0, 0.05) is 18.5 Å². The fourth-order valence-corrected chi connectivity index (χ4v) is 3.64. The van der Waals surface area contributed by atoms with Crippen molar-refractivity contribution in [3.63, 3.8) is 0 Å². The normalized spacial score (nSPS) is 10.8. The van der Waals surface area contributed by atoms with Crippen LogP contribution in [0.15, 0.2) is 54.6 Å². The van der Waals surface area contributed by atoms with E-state index in [1.54, 1.807) is 25.1 Å². The molecule has 0 saturated heterocycles. The highest BCUT2D eigenvalue weighted by Gasteiger charge is 2.16. The number of alkyl halides is 2. The minimum atomic E-state index is -2.91. The van der Waals surface area contributed by atoms with Gasteiger partial charge in [-0.3, -0.25) is 4.79 Å². The lowest BCUT2D eigenvalue weighted by atomic mass is 10.2. The molecule has 0 saturated carbocycles. The van der Waals surface area contributed by atoms with Crippen molar-refractivity contribution < 1.29 is 18.3 Å². The number of amides is 1. The van der Waals surface area contributed by atoms with E-state index in [1.807, 2.05) is 30.3 Å². The van der Waals surface area contributed by atoms with Crippen LogP contribution >= 0.6 is 11.3 Å². The average molecular weight is 388 g/mol. The second-order valence-corrected chi connectivity index (χ2v) is 6.94. The van der Waals surface area contributed by atoms with Crippen LogP contribution in [0.25, 0.3) is 0 Å². The van der Waals surface area contributed by atoms with Crippen LogP contribution in [0.2, 0.25) is 0 Å². The van der Waals surface area contributed by atoms with E-state index in [2.05, 4.69) is 15.0 Å². The first-order chi connectivity index (χ1) is 13.0. The van der Waals surface area contributed by atoms with Gasteiger partial charge in [-0.25, -0.2) is 4.98 Å². The van der Waals surface area contributed by atoms with Crippen LogP contribution in [0, 0.1) is 6.92 Å². The van der Waals surface area contributed by atoms with Crippen LogP contribution in [0.4, 0.5) is 8.78 Å². The zero-order valence-electron chi connectivity index (χ0n) is 14.6. The van der Waals surface area contributed by atoms with Gasteiger partial charge in [0.2, 0.25) is 0 Å². The van der Waals surface area contributed by atoms with Gasteiger partial charge < -0.3 is 10.1 Å². The molecule has 4 nitrogen and oxygen atoms in total. The SMILES string of the molecule is Cc1nc(Cc2ccccc2)sc1C(=O)NCc1ccccc1OC(F)F. The Hall–Kier alpha value is -2.80. The molecular formula is C20H18F2N2O2S. The van der Waals surface area contributed by atoms with Crippen molar-refractivity contribution in [1.82, 2.24) is 10.3 Å². The van der Waals surface area contributed by atoms with Crippen LogP contribution in [0.5, 0.6) is 5.75 Å². The fraction of sp³-hybridized carbons (Fsp3) is 0.200. The Bertz CT molecular complexity index is 913. The van der Waals surface area contributed by atoms with Gasteiger partial charge in [0.05, 0.1) is 10.7 Å². The van der Waals surface area contributed by atoms with E-state index in [0.717, 1.165) is 10.6 Å². The highest BCUT2D eigenvalue weighted by Crippen LogP contribution is 2.23. The standard InChI is InChI=1S/C20H18F2N2O2S/c1-13-18(27-17(24-13)11-14-7-3-2-4-8-14)19(25)23-12-15-9-5-6-10-16(15)26-20(21)22/h2-10,20H,11-12H2,1H3,(H,23,25). The van der Waals surface area contributed by atoms with Gasteiger partial charge in [0.25, 0.3) is 5.91 Å². The maximum atomic E-state index is 12.5. The van der Waals surface area contributed by atoms with E-state index < -0.39 is 6.61 Å². The highest BCUT2D eigenvalue weighted by molar-refractivity contribution is 7.13. The molecule has 3 rings (SSSR count). The molecule has 0 atom stereocenters. The lowest BCUT2D eigenvalue weighted by Gasteiger charge is -2.11. The zero-order chi connectivity index (χ0) is 19.2. The van der Waals surface area contributed by atoms with Crippen molar-refractivity contribution in [2.45, 2.75) is 26.5 Å². The number of aromatic nitrogens is 1. The van der Waals surface area contributed by atoms with Crippen molar-refractivity contribution in [2.75, 3.05) is 0 Å². The van der Waals surface area contributed by atoms with Gasteiger partial charge in [-0.2, -0.15) is 8.78 Å². The number of hydrogen-bond acceptors (Lipinski definition) is 4. The number of benzene rings is 2. The number of aryl methyl sites for hydroxylation is 1. The van der Waals surface area contributed by atoms with Gasteiger partial charge in [-0.1, -0.05) is 48.5 Å². The van der Waals surface area contributed by atoms with Crippen molar-refractivity contribution in [3.05, 3.63) is 81.3 Å². The number of carbonyl (C=O) groups excluding carboxylic acids is 1. The Morgan fingerprint density at radius 3 is 2.59 bits per heavy atom. The van der Waals surface area contributed by atoms with E-state index in [4.69, 9.17) is 0 Å². The van der Waals surface area contributed by atoms with Crippen LogP contribution in [0.3, 0.4) is 0 Å². The van der Waals surface area contributed by atoms with E-state index in [9.17, 15) is 13.6 Å². The second kappa shape index (κ2) is 8.73. The molecule has 1 N–H and O–H groups in total.